The molecule has 1 aliphatic heterocycles. The number of phenols is 2. The molecule has 1 heterocycles. The highest BCUT2D eigenvalue weighted by molar-refractivity contribution is 5.79. The molecule has 0 spiro atoms. The van der Waals surface area contributed by atoms with Crippen molar-refractivity contribution in [1.29, 1.82) is 0 Å². The number of nitrogens with zero attached hydrogens (tertiary/aromatic N) is 1. The first-order valence-corrected chi connectivity index (χ1v) is 7.50. The molecule has 25 heavy (non-hydrogen) atoms. The molecule has 1 amide bonds. The Labute approximate surface area is 143 Å². The number of hydroxylamine groups is 2. The van der Waals surface area contributed by atoms with Crippen LogP contribution in [0.15, 0.2) is 48.5 Å². The van der Waals surface area contributed by atoms with Crippen molar-refractivity contribution in [2.24, 2.45) is 0 Å². The minimum Gasteiger partial charge on any atom is -0.504 e. The summed E-state index contributed by atoms with van der Waals surface area (Å²) in [7, 11) is 1.15. The maximum absolute atomic E-state index is 12.0. The van der Waals surface area contributed by atoms with Gasteiger partial charge in [-0.3, -0.25) is 10.0 Å². The molecule has 0 fully saturated rings. The van der Waals surface area contributed by atoms with Crippen LogP contribution in [0.25, 0.3) is 5.76 Å². The normalized spacial score (nSPS) is 18.8. The van der Waals surface area contributed by atoms with Gasteiger partial charge in [-0.1, -0.05) is 30.3 Å². The van der Waals surface area contributed by atoms with Crippen molar-refractivity contribution < 1.29 is 30.1 Å². The maximum Gasteiger partial charge on any atom is 0.249 e. The zero-order chi connectivity index (χ0) is 18.2. The van der Waals surface area contributed by atoms with Gasteiger partial charge in [0, 0.05) is 24.2 Å². The Hall–Kier alpha value is -3.03. The third-order valence-corrected chi connectivity index (χ3v) is 3.97. The molecule has 7 nitrogen and oxygen atoms in total. The summed E-state index contributed by atoms with van der Waals surface area (Å²) in [5.41, 5.74) is -1.07. The minimum atomic E-state index is -1.84. The first kappa shape index (κ1) is 16.8. The van der Waals surface area contributed by atoms with Crippen LogP contribution in [0.1, 0.15) is 17.5 Å². The first-order chi connectivity index (χ1) is 11.8. The monoisotopic (exact) mass is 343 g/mol. The molecule has 4 N–H and O–H groups in total. The van der Waals surface area contributed by atoms with Crippen LogP contribution in [0.2, 0.25) is 0 Å². The van der Waals surface area contributed by atoms with Crippen molar-refractivity contribution in [3.63, 3.8) is 0 Å². The van der Waals surface area contributed by atoms with E-state index >= 15 is 0 Å². The SMILES string of the molecule is CN(O)C(=O)CC1(O)C=C(c2ccccc2)Oc2cc(O)c(O)cc21. The number of hydrogen-bond donors (Lipinski definition) is 4. The Morgan fingerprint density at radius 1 is 1.16 bits per heavy atom. The van der Waals surface area contributed by atoms with E-state index in [4.69, 9.17) is 4.74 Å². The van der Waals surface area contributed by atoms with Gasteiger partial charge in [-0.05, 0) is 12.1 Å². The highest BCUT2D eigenvalue weighted by Crippen LogP contribution is 2.46. The summed E-state index contributed by atoms with van der Waals surface area (Å²) < 4.78 is 5.73. The van der Waals surface area contributed by atoms with Gasteiger partial charge in [0.05, 0.1) is 6.42 Å². The number of aliphatic hydroxyl groups is 1. The van der Waals surface area contributed by atoms with Crippen molar-refractivity contribution in [2.75, 3.05) is 7.05 Å². The molecule has 0 bridgehead atoms. The molecule has 1 atom stereocenters. The smallest absolute Gasteiger partial charge is 0.249 e. The fourth-order valence-corrected chi connectivity index (χ4v) is 2.66. The lowest BCUT2D eigenvalue weighted by atomic mass is 9.85. The van der Waals surface area contributed by atoms with E-state index in [-0.39, 0.29) is 17.1 Å². The number of phenolic OH excluding ortho intramolecular Hbond substituents is 2. The molecule has 7 heteroatoms. The third-order valence-electron chi connectivity index (χ3n) is 3.97. The van der Waals surface area contributed by atoms with Crippen LogP contribution in [-0.4, -0.2) is 38.5 Å². The summed E-state index contributed by atoms with van der Waals surface area (Å²) in [4.78, 5) is 12.0. The van der Waals surface area contributed by atoms with Crippen LogP contribution in [0.4, 0.5) is 0 Å². The third kappa shape index (κ3) is 3.15. The topological polar surface area (TPSA) is 110 Å². The molecule has 130 valence electrons. The molecule has 2 aromatic rings. The van der Waals surface area contributed by atoms with E-state index < -0.39 is 29.4 Å². The summed E-state index contributed by atoms with van der Waals surface area (Å²) in [6.07, 6.45) is 0.874. The van der Waals surface area contributed by atoms with E-state index in [2.05, 4.69) is 0 Å². The van der Waals surface area contributed by atoms with Gasteiger partial charge in [0.15, 0.2) is 11.5 Å². The maximum atomic E-state index is 12.0. The number of amides is 1. The molecular weight excluding hydrogens is 326 g/mol. The van der Waals surface area contributed by atoms with Gasteiger partial charge < -0.3 is 20.1 Å². The number of hydrogen-bond acceptors (Lipinski definition) is 6. The Morgan fingerprint density at radius 3 is 2.44 bits per heavy atom. The predicted molar refractivity (Wildman–Crippen MR) is 87.9 cm³/mol. The fraction of sp³-hybridized carbons (Fsp3) is 0.167. The molecule has 0 radical (unpaired) electrons. The molecule has 3 rings (SSSR count). The molecule has 0 saturated heterocycles. The second-order valence-corrected chi connectivity index (χ2v) is 5.83. The first-order valence-electron chi connectivity index (χ1n) is 7.50. The standard InChI is InChI=1S/C18H17NO6/c1-19(24)17(22)10-18(23)9-16(11-5-3-2-4-6-11)25-15-8-14(21)13(20)7-12(15)18/h2-9,20-21,23-24H,10H2,1H3. The van der Waals surface area contributed by atoms with E-state index in [1.54, 1.807) is 24.3 Å². The lowest BCUT2D eigenvalue weighted by molar-refractivity contribution is -0.163. The van der Waals surface area contributed by atoms with Crippen molar-refractivity contribution in [3.8, 4) is 17.2 Å². The Balaban J connectivity index is 2.14. The predicted octanol–water partition coefficient (Wildman–Crippen LogP) is 1.96. The molecule has 0 aromatic heterocycles. The number of carbonyl (C=O) groups excluding carboxylic acids is 1. The number of ether oxygens (including phenoxy) is 1. The van der Waals surface area contributed by atoms with Crippen molar-refractivity contribution in [2.45, 2.75) is 12.0 Å². The van der Waals surface area contributed by atoms with Crippen LogP contribution in [0.5, 0.6) is 17.2 Å². The van der Waals surface area contributed by atoms with Crippen LogP contribution in [-0.2, 0) is 10.4 Å². The number of benzene rings is 2. The molecule has 0 saturated carbocycles. The highest BCUT2D eigenvalue weighted by Gasteiger charge is 2.39. The summed E-state index contributed by atoms with van der Waals surface area (Å²) in [6.45, 7) is 0. The van der Waals surface area contributed by atoms with Gasteiger partial charge in [0.2, 0.25) is 5.91 Å². The largest absolute Gasteiger partial charge is 0.504 e. The van der Waals surface area contributed by atoms with Gasteiger partial charge in [0.25, 0.3) is 0 Å². The van der Waals surface area contributed by atoms with Crippen LogP contribution >= 0.6 is 0 Å². The number of carbonyl (C=O) groups is 1. The molecule has 1 unspecified atom stereocenters. The number of rotatable bonds is 3. The zero-order valence-electron chi connectivity index (χ0n) is 13.4. The van der Waals surface area contributed by atoms with Gasteiger partial charge in [-0.2, -0.15) is 0 Å². The van der Waals surface area contributed by atoms with Gasteiger partial charge in [-0.15, -0.1) is 0 Å². The molecule has 2 aromatic carbocycles. The van der Waals surface area contributed by atoms with E-state index in [1.165, 1.54) is 12.1 Å². The van der Waals surface area contributed by atoms with Crippen LogP contribution < -0.4 is 4.74 Å². The number of aromatic hydroxyl groups is 2. The van der Waals surface area contributed by atoms with Gasteiger partial charge >= 0.3 is 0 Å². The van der Waals surface area contributed by atoms with Crippen molar-refractivity contribution in [1.82, 2.24) is 5.06 Å². The van der Waals surface area contributed by atoms with E-state index in [0.717, 1.165) is 13.1 Å². The summed E-state index contributed by atoms with van der Waals surface area (Å²) in [5, 5.41) is 40.3. The van der Waals surface area contributed by atoms with E-state index in [9.17, 15) is 25.3 Å². The molecule has 1 aliphatic rings. The summed E-state index contributed by atoms with van der Waals surface area (Å²) >= 11 is 0. The lowest BCUT2D eigenvalue weighted by Gasteiger charge is -2.32. The second-order valence-electron chi connectivity index (χ2n) is 5.83. The fourth-order valence-electron chi connectivity index (χ4n) is 2.66. The molecular formula is C18H17NO6. The average Bonchev–Trinajstić information content (AvgIpc) is 2.57. The summed E-state index contributed by atoms with van der Waals surface area (Å²) in [5.74, 6) is -1.21. The van der Waals surface area contributed by atoms with Crippen LogP contribution in [0, 0.1) is 0 Å². The average molecular weight is 343 g/mol. The molecule has 0 aliphatic carbocycles. The lowest BCUT2D eigenvalue weighted by Crippen LogP contribution is -2.35. The zero-order valence-corrected chi connectivity index (χ0v) is 13.4. The van der Waals surface area contributed by atoms with E-state index in [0.29, 0.717) is 10.6 Å². The Bertz CT molecular complexity index is 846. The highest BCUT2D eigenvalue weighted by atomic mass is 16.5. The second kappa shape index (κ2) is 6.12. The van der Waals surface area contributed by atoms with Crippen molar-refractivity contribution >= 4 is 11.7 Å². The number of fused-ring (bicyclic) bond motifs is 1. The van der Waals surface area contributed by atoms with E-state index in [1.807, 2.05) is 6.07 Å². The Kier molecular flexibility index (Phi) is 4.12. The van der Waals surface area contributed by atoms with Gasteiger partial charge in [-0.25, -0.2) is 5.06 Å². The van der Waals surface area contributed by atoms with Crippen molar-refractivity contribution in [3.05, 3.63) is 59.7 Å². The minimum absolute atomic E-state index is 0.104. The Morgan fingerprint density at radius 2 is 1.80 bits per heavy atom. The summed E-state index contributed by atoms with van der Waals surface area (Å²) in [6, 6.07) is 11.2. The quantitative estimate of drug-likeness (QED) is 0.385. The van der Waals surface area contributed by atoms with Gasteiger partial charge in [0.1, 0.15) is 17.1 Å². The van der Waals surface area contributed by atoms with Crippen LogP contribution in [0.3, 0.4) is 0 Å².